The summed E-state index contributed by atoms with van der Waals surface area (Å²) in [7, 11) is 1.62. The van der Waals surface area contributed by atoms with Crippen molar-refractivity contribution in [2.45, 2.75) is 0 Å². The van der Waals surface area contributed by atoms with Crippen LogP contribution in [0.15, 0.2) is 24.3 Å². The number of nitrogens with two attached hydrogens (primary N) is 2. The number of halogens is 3. The van der Waals surface area contributed by atoms with E-state index in [1.165, 1.54) is 0 Å². The van der Waals surface area contributed by atoms with E-state index in [9.17, 15) is 4.79 Å². The third-order valence-electron chi connectivity index (χ3n) is 4.72. The second kappa shape index (κ2) is 13.4. The summed E-state index contributed by atoms with van der Waals surface area (Å²) < 4.78 is 11.0. The Balaban J connectivity index is 0.00000272. The minimum absolute atomic E-state index is 0. The molecular weight excluding hydrogens is 584 g/mol. The van der Waals surface area contributed by atoms with Crippen molar-refractivity contribution < 1.29 is 14.3 Å². The highest BCUT2D eigenvalue weighted by atomic mass is 79.9. The maximum Gasteiger partial charge on any atom is 0.280 e. The predicted octanol–water partition coefficient (Wildman–Crippen LogP) is 1.70. The second-order valence-corrected chi connectivity index (χ2v) is 7.15. The smallest absolute Gasteiger partial charge is 0.280 e. The molecule has 1 aromatic heterocycles. The number of nitrogens with zero attached hydrogens (tertiary/aromatic N) is 4. The van der Waals surface area contributed by atoms with Gasteiger partial charge in [0.15, 0.2) is 28.4 Å². The van der Waals surface area contributed by atoms with Gasteiger partial charge in [-0.1, -0.05) is 17.7 Å². The van der Waals surface area contributed by atoms with E-state index in [0.717, 1.165) is 31.1 Å². The van der Waals surface area contributed by atoms with Gasteiger partial charge in [0.2, 0.25) is 0 Å². The van der Waals surface area contributed by atoms with Crippen molar-refractivity contribution in [2.24, 2.45) is 5.73 Å². The number of piperazine rings is 1. The molecule has 3 rings (SSSR count). The Morgan fingerprint density at radius 2 is 1.88 bits per heavy atom. The van der Waals surface area contributed by atoms with Gasteiger partial charge in [0.05, 0.1) is 7.11 Å². The number of rotatable bonds is 7. The summed E-state index contributed by atoms with van der Waals surface area (Å²) in [4.78, 5) is 24.5. The molecule has 0 unspecified atom stereocenters. The molecule has 1 fully saturated rings. The normalized spacial score (nSPS) is 13.3. The van der Waals surface area contributed by atoms with E-state index in [1.54, 1.807) is 7.11 Å². The molecule has 0 saturated carbocycles. The Morgan fingerprint density at radius 3 is 2.52 bits per heavy atom. The number of methoxy groups -OCH3 is 1. The van der Waals surface area contributed by atoms with E-state index in [-0.39, 0.29) is 50.6 Å². The van der Waals surface area contributed by atoms with Crippen LogP contribution in [0.1, 0.15) is 10.5 Å². The molecule has 6 N–H and O–H groups in total. The molecule has 1 saturated heterocycles. The number of nitrogen functional groups attached to an aromatic ring is 1. The molecule has 2 heterocycles. The molecule has 33 heavy (non-hydrogen) atoms. The van der Waals surface area contributed by atoms with Crippen molar-refractivity contribution in [3.8, 4) is 11.5 Å². The third kappa shape index (κ3) is 7.88. The molecule has 182 valence electrons. The third-order valence-corrected chi connectivity index (χ3v) is 4.97. The lowest BCUT2D eigenvalue weighted by atomic mass is 10.3. The quantitative estimate of drug-likeness (QED) is 0.271. The molecule has 1 aromatic carbocycles. The number of carbonyl (C=O) groups is 1. The van der Waals surface area contributed by atoms with Crippen LogP contribution in [0.3, 0.4) is 0 Å². The number of ether oxygens (including phenoxy) is 2. The molecule has 1 aliphatic rings. The molecule has 1 aliphatic heterocycles. The molecule has 2 aromatic rings. The van der Waals surface area contributed by atoms with Gasteiger partial charge in [0, 0.05) is 38.8 Å². The average Bonchev–Trinajstić information content (AvgIpc) is 2.75. The first-order chi connectivity index (χ1) is 14.9. The van der Waals surface area contributed by atoms with E-state index in [1.807, 2.05) is 29.2 Å². The lowest BCUT2D eigenvalue weighted by molar-refractivity contribution is 0.0972. The minimum atomic E-state index is -0.730. The minimum Gasteiger partial charge on any atom is -0.497 e. The van der Waals surface area contributed by atoms with Crippen LogP contribution in [0, 0.1) is 5.41 Å². The highest BCUT2D eigenvalue weighted by Crippen LogP contribution is 2.25. The zero-order valence-corrected chi connectivity index (χ0v) is 22.1. The van der Waals surface area contributed by atoms with Crippen LogP contribution in [-0.4, -0.2) is 73.2 Å². The van der Waals surface area contributed by atoms with E-state index in [2.05, 4.69) is 20.2 Å². The summed E-state index contributed by atoms with van der Waals surface area (Å²) in [6.07, 6.45) is 0. The fraction of sp³-hybridized carbons (Fsp3) is 0.368. The van der Waals surface area contributed by atoms with Crippen LogP contribution in [0.2, 0.25) is 5.15 Å². The number of carbonyl (C=O) groups excluding carboxylic acids is 1. The van der Waals surface area contributed by atoms with Crippen LogP contribution in [0.4, 0.5) is 11.6 Å². The van der Waals surface area contributed by atoms with Crippen molar-refractivity contribution >= 4 is 69.1 Å². The van der Waals surface area contributed by atoms with Crippen molar-refractivity contribution in [2.75, 3.05) is 57.1 Å². The zero-order chi connectivity index (χ0) is 22.4. The maximum atomic E-state index is 12.0. The summed E-state index contributed by atoms with van der Waals surface area (Å²) in [5, 5.41) is 9.31. The molecule has 0 bridgehead atoms. The summed E-state index contributed by atoms with van der Waals surface area (Å²) in [6, 6.07) is 7.50. The van der Waals surface area contributed by atoms with Gasteiger partial charge in [-0.2, -0.15) is 0 Å². The summed E-state index contributed by atoms with van der Waals surface area (Å²) in [5.74, 6) is 0.625. The van der Waals surface area contributed by atoms with Crippen molar-refractivity contribution in [3.63, 3.8) is 0 Å². The first-order valence-electron chi connectivity index (χ1n) is 9.60. The first-order valence-corrected chi connectivity index (χ1v) is 9.97. The highest BCUT2D eigenvalue weighted by Gasteiger charge is 2.24. The number of guanidine groups is 1. The largest absolute Gasteiger partial charge is 0.497 e. The standard InChI is InChI=1S/C19H25ClN8O3.2BrH/c1-30-12-3-2-4-13(11-12)31-10-9-27-5-7-28(8-6-27)17-15(20)24-14(16(21)25-17)18(29)26-19(22)23;;/h2-4,11H,5-10H2,1H3,(H2,21,25)(H4,22,23,26,29);2*1H. The molecule has 14 heteroatoms. The van der Waals surface area contributed by atoms with E-state index >= 15 is 0 Å². The van der Waals surface area contributed by atoms with Gasteiger partial charge in [0.25, 0.3) is 5.91 Å². The van der Waals surface area contributed by atoms with Crippen molar-refractivity contribution in [3.05, 3.63) is 35.1 Å². The highest BCUT2D eigenvalue weighted by molar-refractivity contribution is 8.93. The molecule has 0 atom stereocenters. The van der Waals surface area contributed by atoms with Gasteiger partial charge in [-0.25, -0.2) is 9.97 Å². The number of benzene rings is 1. The Labute approximate surface area is 217 Å². The van der Waals surface area contributed by atoms with Gasteiger partial charge in [0.1, 0.15) is 18.1 Å². The monoisotopic (exact) mass is 608 g/mol. The summed E-state index contributed by atoms with van der Waals surface area (Å²) in [6.45, 7) is 4.24. The Kier molecular flexibility index (Phi) is 11.6. The molecule has 0 spiro atoms. The number of anilines is 2. The van der Waals surface area contributed by atoms with Crippen LogP contribution < -0.4 is 31.2 Å². The van der Waals surface area contributed by atoms with E-state index in [0.29, 0.717) is 25.5 Å². The van der Waals surface area contributed by atoms with Crippen LogP contribution in [0.5, 0.6) is 11.5 Å². The number of aromatic nitrogens is 2. The van der Waals surface area contributed by atoms with E-state index < -0.39 is 11.9 Å². The average molecular weight is 611 g/mol. The second-order valence-electron chi connectivity index (χ2n) is 6.80. The number of hydrogen-bond acceptors (Lipinski definition) is 9. The van der Waals surface area contributed by atoms with Gasteiger partial charge in [-0.3, -0.25) is 20.4 Å². The Hall–Kier alpha value is -2.35. The van der Waals surface area contributed by atoms with Gasteiger partial charge in [-0.15, -0.1) is 34.0 Å². The van der Waals surface area contributed by atoms with Gasteiger partial charge < -0.3 is 25.8 Å². The summed E-state index contributed by atoms with van der Waals surface area (Å²) in [5.41, 5.74) is 10.9. The topological polar surface area (TPSA) is 156 Å². The number of amides is 1. The lowest BCUT2D eigenvalue weighted by Gasteiger charge is -2.35. The van der Waals surface area contributed by atoms with E-state index in [4.69, 9.17) is 38.0 Å². The fourth-order valence-electron chi connectivity index (χ4n) is 3.14. The predicted molar refractivity (Wildman–Crippen MR) is 139 cm³/mol. The lowest BCUT2D eigenvalue weighted by Crippen LogP contribution is -2.48. The fourth-order valence-corrected chi connectivity index (χ4v) is 3.38. The van der Waals surface area contributed by atoms with Crippen molar-refractivity contribution in [1.82, 2.24) is 20.2 Å². The number of hydrogen-bond donors (Lipinski definition) is 4. The Bertz CT molecular complexity index is 961. The van der Waals surface area contributed by atoms with Crippen LogP contribution in [0.25, 0.3) is 0 Å². The maximum absolute atomic E-state index is 12.0. The van der Waals surface area contributed by atoms with Crippen LogP contribution >= 0.6 is 45.6 Å². The first kappa shape index (κ1) is 28.7. The molecular formula is C19H27Br2ClN8O3. The van der Waals surface area contributed by atoms with Gasteiger partial charge >= 0.3 is 0 Å². The zero-order valence-electron chi connectivity index (χ0n) is 17.9. The summed E-state index contributed by atoms with van der Waals surface area (Å²) >= 11 is 6.25. The molecule has 0 radical (unpaired) electrons. The van der Waals surface area contributed by atoms with Crippen LogP contribution in [-0.2, 0) is 0 Å². The number of nitrogens with one attached hydrogen (secondary N) is 2. The SMILES string of the molecule is Br.Br.COc1cccc(OCCN2CCN(c3nc(N)c(C(=O)NC(=N)N)nc3Cl)CC2)c1. The Morgan fingerprint density at radius 1 is 1.21 bits per heavy atom. The van der Waals surface area contributed by atoms with Crippen molar-refractivity contribution in [1.29, 1.82) is 5.41 Å². The molecule has 0 aliphatic carbocycles. The van der Waals surface area contributed by atoms with Gasteiger partial charge in [-0.05, 0) is 12.1 Å². The molecule has 11 nitrogen and oxygen atoms in total. The molecule has 1 amide bonds.